The molecule has 0 bridgehead atoms. The Hall–Kier alpha value is -1.73. The zero-order valence-corrected chi connectivity index (χ0v) is 11.1. The van der Waals surface area contributed by atoms with Gasteiger partial charge in [0.25, 0.3) is 5.56 Å². The molecule has 0 fully saturated rings. The Kier molecular flexibility index (Phi) is 3.66. The largest absolute Gasteiger partial charge is 0.433 e. The highest BCUT2D eigenvalue weighted by Gasteiger charge is 2.33. The molecule has 1 aromatic carbocycles. The van der Waals surface area contributed by atoms with Crippen molar-refractivity contribution in [2.75, 3.05) is 5.73 Å². The van der Waals surface area contributed by atoms with Gasteiger partial charge in [-0.25, -0.2) is 4.98 Å². The number of hydrogen-bond donors (Lipinski definition) is 1. The number of nitrogens with zero attached hydrogens (tertiary/aromatic N) is 2. The van der Waals surface area contributed by atoms with Crippen molar-refractivity contribution < 1.29 is 13.2 Å². The van der Waals surface area contributed by atoms with Gasteiger partial charge in [-0.3, -0.25) is 9.36 Å². The average molecular weight is 324 g/mol. The van der Waals surface area contributed by atoms with Crippen LogP contribution in [0.5, 0.6) is 0 Å². The number of benzene rings is 1. The summed E-state index contributed by atoms with van der Waals surface area (Å²) in [6.45, 7) is 0. The van der Waals surface area contributed by atoms with Crippen LogP contribution in [0.1, 0.15) is 5.69 Å². The van der Waals surface area contributed by atoms with Gasteiger partial charge in [-0.2, -0.15) is 13.2 Å². The molecule has 2 aromatic rings. The first-order valence-electron chi connectivity index (χ1n) is 5.11. The predicted molar refractivity (Wildman–Crippen MR) is 69.3 cm³/mol. The molecule has 2 N–H and O–H groups in total. The molecule has 20 heavy (non-hydrogen) atoms. The molecule has 0 aliphatic carbocycles. The third kappa shape index (κ3) is 2.73. The number of nitrogens with two attached hydrogens (primary N) is 1. The summed E-state index contributed by atoms with van der Waals surface area (Å²) in [7, 11) is 0. The van der Waals surface area contributed by atoms with Crippen molar-refractivity contribution in [2.24, 2.45) is 0 Å². The Balaban J connectivity index is 2.64. The molecule has 0 amide bonds. The average Bonchev–Trinajstić information content (AvgIpc) is 2.28. The Morgan fingerprint density at radius 1 is 1.15 bits per heavy atom. The second-order valence-corrected chi connectivity index (χ2v) is 4.63. The van der Waals surface area contributed by atoms with E-state index in [-0.39, 0.29) is 21.4 Å². The van der Waals surface area contributed by atoms with E-state index in [1.54, 1.807) is 0 Å². The molecular weight excluding hydrogens is 318 g/mol. The molecule has 9 heteroatoms. The Labute approximate surface area is 120 Å². The van der Waals surface area contributed by atoms with Crippen LogP contribution in [0.15, 0.2) is 29.3 Å². The predicted octanol–water partition coefficient (Wildman–Crippen LogP) is 3.14. The van der Waals surface area contributed by atoms with E-state index in [1.165, 1.54) is 12.1 Å². The monoisotopic (exact) mass is 323 g/mol. The fourth-order valence-electron chi connectivity index (χ4n) is 1.54. The molecule has 106 valence electrons. The van der Waals surface area contributed by atoms with Crippen LogP contribution in [0.2, 0.25) is 10.0 Å². The van der Waals surface area contributed by atoms with Gasteiger partial charge in [0.15, 0.2) is 5.69 Å². The van der Waals surface area contributed by atoms with Crippen molar-refractivity contribution >= 4 is 28.9 Å². The number of rotatable bonds is 1. The van der Waals surface area contributed by atoms with Gasteiger partial charge in [0, 0.05) is 11.8 Å². The Morgan fingerprint density at radius 3 is 2.15 bits per heavy atom. The molecule has 0 unspecified atom stereocenters. The van der Waals surface area contributed by atoms with Crippen LogP contribution in [0, 0.1) is 0 Å². The van der Waals surface area contributed by atoms with Crippen LogP contribution in [-0.4, -0.2) is 9.55 Å². The second-order valence-electron chi connectivity index (χ2n) is 3.81. The van der Waals surface area contributed by atoms with Crippen LogP contribution in [0.3, 0.4) is 0 Å². The van der Waals surface area contributed by atoms with E-state index < -0.39 is 17.4 Å². The van der Waals surface area contributed by atoms with Crippen LogP contribution in [0.4, 0.5) is 18.9 Å². The molecule has 0 atom stereocenters. The Bertz CT molecular complexity index is 705. The molecule has 0 aliphatic heterocycles. The van der Waals surface area contributed by atoms with E-state index in [9.17, 15) is 18.0 Å². The van der Waals surface area contributed by atoms with Crippen LogP contribution in [0.25, 0.3) is 5.69 Å². The number of alkyl halides is 3. The van der Waals surface area contributed by atoms with Crippen molar-refractivity contribution in [3.63, 3.8) is 0 Å². The number of aromatic nitrogens is 2. The lowest BCUT2D eigenvalue weighted by Crippen LogP contribution is -2.22. The molecule has 1 heterocycles. The van der Waals surface area contributed by atoms with Gasteiger partial charge in [0.1, 0.15) is 6.33 Å². The van der Waals surface area contributed by atoms with E-state index in [4.69, 9.17) is 28.9 Å². The fraction of sp³-hybridized carbons (Fsp3) is 0.0909. The first-order valence-corrected chi connectivity index (χ1v) is 5.86. The SMILES string of the molecule is Nc1cc(Cl)c(-n2cnc(C(F)(F)F)cc2=O)c(Cl)c1. The summed E-state index contributed by atoms with van der Waals surface area (Å²) in [5.74, 6) is 0. The summed E-state index contributed by atoms with van der Waals surface area (Å²) >= 11 is 11.8. The molecule has 4 nitrogen and oxygen atoms in total. The number of halogens is 5. The smallest absolute Gasteiger partial charge is 0.399 e. The molecule has 0 aliphatic rings. The van der Waals surface area contributed by atoms with Gasteiger partial charge in [0.2, 0.25) is 0 Å². The number of hydrogen-bond acceptors (Lipinski definition) is 3. The lowest BCUT2D eigenvalue weighted by atomic mass is 10.2. The second kappa shape index (κ2) is 4.99. The van der Waals surface area contributed by atoms with Crippen molar-refractivity contribution in [3.05, 3.63) is 50.6 Å². The van der Waals surface area contributed by atoms with E-state index in [2.05, 4.69) is 4.98 Å². The summed E-state index contributed by atoms with van der Waals surface area (Å²) in [6, 6.07) is 3.02. The van der Waals surface area contributed by atoms with Gasteiger partial charge in [-0.05, 0) is 12.1 Å². The van der Waals surface area contributed by atoms with E-state index in [1.807, 2.05) is 0 Å². The lowest BCUT2D eigenvalue weighted by Gasteiger charge is -2.12. The lowest BCUT2D eigenvalue weighted by molar-refractivity contribution is -0.141. The maximum atomic E-state index is 12.4. The van der Waals surface area contributed by atoms with E-state index >= 15 is 0 Å². The first kappa shape index (κ1) is 14.7. The normalized spacial score (nSPS) is 11.7. The molecule has 1 aromatic heterocycles. The highest BCUT2D eigenvalue weighted by Crippen LogP contribution is 2.31. The van der Waals surface area contributed by atoms with E-state index in [0.29, 0.717) is 12.4 Å². The quantitative estimate of drug-likeness (QED) is 0.820. The molecule has 0 saturated carbocycles. The van der Waals surface area contributed by atoms with Crippen molar-refractivity contribution in [3.8, 4) is 5.69 Å². The van der Waals surface area contributed by atoms with Gasteiger partial charge in [-0.15, -0.1) is 0 Å². The summed E-state index contributed by atoms with van der Waals surface area (Å²) in [4.78, 5) is 14.9. The third-order valence-electron chi connectivity index (χ3n) is 2.38. The standard InChI is InChI=1S/C11H6Cl2F3N3O/c12-6-1-5(17)2-7(13)10(6)19-4-18-8(3-9(19)20)11(14,15)16/h1-4H,17H2. The van der Waals surface area contributed by atoms with E-state index in [0.717, 1.165) is 4.57 Å². The molecule has 0 spiro atoms. The maximum absolute atomic E-state index is 12.4. The summed E-state index contributed by atoms with van der Waals surface area (Å²) in [6.07, 6.45) is -3.98. The minimum Gasteiger partial charge on any atom is -0.399 e. The molecular formula is C11H6Cl2F3N3O. The minimum atomic E-state index is -4.70. The van der Waals surface area contributed by atoms with Crippen molar-refractivity contribution in [1.82, 2.24) is 9.55 Å². The molecule has 2 rings (SSSR count). The van der Waals surface area contributed by atoms with Gasteiger partial charge < -0.3 is 5.73 Å². The fourth-order valence-corrected chi connectivity index (χ4v) is 2.22. The summed E-state index contributed by atoms with van der Waals surface area (Å²) < 4.78 is 38.1. The zero-order valence-electron chi connectivity index (χ0n) is 9.58. The minimum absolute atomic E-state index is 0.0220. The summed E-state index contributed by atoms with van der Waals surface area (Å²) in [5.41, 5.74) is 3.54. The van der Waals surface area contributed by atoms with Gasteiger partial charge >= 0.3 is 6.18 Å². The molecule has 0 saturated heterocycles. The first-order chi connectivity index (χ1) is 9.20. The van der Waals surface area contributed by atoms with Gasteiger partial charge in [0.05, 0.1) is 15.7 Å². The van der Waals surface area contributed by atoms with Gasteiger partial charge in [-0.1, -0.05) is 23.2 Å². The van der Waals surface area contributed by atoms with Crippen LogP contribution in [-0.2, 0) is 6.18 Å². The Morgan fingerprint density at radius 2 is 1.70 bits per heavy atom. The highest BCUT2D eigenvalue weighted by atomic mass is 35.5. The highest BCUT2D eigenvalue weighted by molar-refractivity contribution is 6.38. The van der Waals surface area contributed by atoms with Crippen LogP contribution < -0.4 is 11.3 Å². The van der Waals surface area contributed by atoms with Crippen LogP contribution >= 0.6 is 23.2 Å². The summed E-state index contributed by atoms with van der Waals surface area (Å²) in [5, 5.41) is 0.0531. The number of nitrogen functional groups attached to an aromatic ring is 1. The molecule has 0 radical (unpaired) electrons. The third-order valence-corrected chi connectivity index (χ3v) is 2.96. The van der Waals surface area contributed by atoms with Crippen molar-refractivity contribution in [1.29, 1.82) is 0 Å². The van der Waals surface area contributed by atoms with Crippen molar-refractivity contribution in [2.45, 2.75) is 6.18 Å². The topological polar surface area (TPSA) is 60.9 Å². The maximum Gasteiger partial charge on any atom is 0.433 e. The number of anilines is 1. The zero-order chi connectivity index (χ0) is 15.1.